The molecular formula is C17H12ClFN4O2. The molecule has 1 amide bonds. The van der Waals surface area contributed by atoms with Crippen LogP contribution in [0.2, 0.25) is 5.02 Å². The van der Waals surface area contributed by atoms with E-state index in [0.717, 1.165) is 0 Å². The van der Waals surface area contributed by atoms with Crippen LogP contribution in [0.1, 0.15) is 5.56 Å². The number of aromatic hydroxyl groups is 1. The summed E-state index contributed by atoms with van der Waals surface area (Å²) in [7, 11) is 0. The molecule has 0 saturated heterocycles. The third kappa shape index (κ3) is 3.67. The first-order valence-corrected chi connectivity index (χ1v) is 7.51. The fourth-order valence-corrected chi connectivity index (χ4v) is 2.38. The number of nitrogens with zero attached hydrogens (tertiary/aromatic N) is 2. The summed E-state index contributed by atoms with van der Waals surface area (Å²) in [4.78, 5) is 11.8. The average molecular weight is 359 g/mol. The summed E-state index contributed by atoms with van der Waals surface area (Å²) in [5.74, 6) is -1.01. The van der Waals surface area contributed by atoms with Crippen molar-refractivity contribution in [1.82, 2.24) is 0 Å². The van der Waals surface area contributed by atoms with Crippen LogP contribution in [0.25, 0.3) is 6.08 Å². The predicted molar refractivity (Wildman–Crippen MR) is 92.2 cm³/mol. The van der Waals surface area contributed by atoms with Crippen LogP contribution in [0.5, 0.6) is 5.75 Å². The Kier molecular flexibility index (Phi) is 4.49. The molecular weight excluding hydrogens is 347 g/mol. The zero-order valence-corrected chi connectivity index (χ0v) is 13.5. The first-order chi connectivity index (χ1) is 11.9. The molecule has 0 aliphatic carbocycles. The molecule has 0 atom stereocenters. The maximum Gasteiger partial charge on any atom is 0.254 e. The number of anilines is 1. The molecule has 1 aliphatic heterocycles. The Morgan fingerprint density at radius 3 is 2.56 bits per heavy atom. The molecule has 0 radical (unpaired) electrons. The minimum Gasteiger partial charge on any atom is -0.508 e. The van der Waals surface area contributed by atoms with Crippen molar-refractivity contribution in [1.29, 1.82) is 0 Å². The molecule has 1 aliphatic rings. The number of phenolic OH excluding ortho intramolecular Hbond substituents is 1. The van der Waals surface area contributed by atoms with E-state index in [2.05, 4.69) is 15.5 Å². The van der Waals surface area contributed by atoms with Gasteiger partial charge in [-0.05, 0) is 42.0 Å². The lowest BCUT2D eigenvalue weighted by Gasteiger charge is -2.07. The number of hydrogen-bond donors (Lipinski definition) is 3. The van der Waals surface area contributed by atoms with Crippen molar-refractivity contribution in [2.75, 3.05) is 5.32 Å². The van der Waals surface area contributed by atoms with Crippen molar-refractivity contribution < 1.29 is 14.3 Å². The monoisotopic (exact) mass is 358 g/mol. The Balaban J connectivity index is 1.95. The molecule has 1 heterocycles. The van der Waals surface area contributed by atoms with Crippen molar-refractivity contribution >= 4 is 29.3 Å². The van der Waals surface area contributed by atoms with Crippen molar-refractivity contribution in [2.24, 2.45) is 16.0 Å². The molecule has 2 aromatic carbocycles. The molecule has 6 nitrogen and oxygen atoms in total. The fourth-order valence-electron chi connectivity index (χ4n) is 2.20. The maximum atomic E-state index is 13.2. The zero-order valence-electron chi connectivity index (χ0n) is 12.7. The zero-order chi connectivity index (χ0) is 18.0. The Labute approximate surface area is 147 Å². The van der Waals surface area contributed by atoms with Crippen LogP contribution in [-0.2, 0) is 4.79 Å². The second-order valence-electron chi connectivity index (χ2n) is 5.16. The average Bonchev–Trinajstić information content (AvgIpc) is 2.95. The summed E-state index contributed by atoms with van der Waals surface area (Å²) in [6, 6.07) is 10.3. The highest BCUT2D eigenvalue weighted by atomic mass is 35.5. The molecule has 2 aromatic rings. The first kappa shape index (κ1) is 16.7. The SMILES string of the molecule is NC(=O)C1=C(Nc2ccc(F)c(Cl)c2)N=NC1=Cc1ccc(O)cc1. The van der Waals surface area contributed by atoms with E-state index in [-0.39, 0.29) is 27.9 Å². The molecule has 8 heteroatoms. The number of nitrogens with one attached hydrogen (secondary N) is 1. The lowest BCUT2D eigenvalue weighted by atomic mass is 10.1. The highest BCUT2D eigenvalue weighted by Crippen LogP contribution is 2.29. The van der Waals surface area contributed by atoms with E-state index >= 15 is 0 Å². The number of primary amides is 1. The van der Waals surface area contributed by atoms with Crippen LogP contribution in [0.3, 0.4) is 0 Å². The highest BCUT2D eigenvalue weighted by molar-refractivity contribution is 6.31. The summed E-state index contributed by atoms with van der Waals surface area (Å²) >= 11 is 5.74. The van der Waals surface area contributed by atoms with Gasteiger partial charge in [0, 0.05) is 5.69 Å². The van der Waals surface area contributed by atoms with Gasteiger partial charge in [0.25, 0.3) is 5.91 Å². The van der Waals surface area contributed by atoms with Gasteiger partial charge in [0.05, 0.1) is 5.02 Å². The second kappa shape index (κ2) is 6.74. The number of hydrogen-bond acceptors (Lipinski definition) is 5. The van der Waals surface area contributed by atoms with Gasteiger partial charge >= 0.3 is 0 Å². The lowest BCUT2D eigenvalue weighted by molar-refractivity contribution is -0.114. The van der Waals surface area contributed by atoms with Gasteiger partial charge in [-0.15, -0.1) is 10.2 Å². The van der Waals surface area contributed by atoms with Crippen molar-refractivity contribution in [3.63, 3.8) is 0 Å². The van der Waals surface area contributed by atoms with E-state index < -0.39 is 11.7 Å². The number of nitrogens with two attached hydrogens (primary N) is 1. The Bertz CT molecular complexity index is 936. The van der Waals surface area contributed by atoms with E-state index in [1.54, 1.807) is 18.2 Å². The van der Waals surface area contributed by atoms with Crippen LogP contribution < -0.4 is 11.1 Å². The topological polar surface area (TPSA) is 100 Å². The van der Waals surface area contributed by atoms with Gasteiger partial charge in [0.2, 0.25) is 0 Å². The van der Waals surface area contributed by atoms with Crippen LogP contribution in [0, 0.1) is 5.82 Å². The normalized spacial score (nSPS) is 15.0. The van der Waals surface area contributed by atoms with Gasteiger partial charge in [-0.25, -0.2) is 4.39 Å². The van der Waals surface area contributed by atoms with Crippen LogP contribution in [-0.4, -0.2) is 11.0 Å². The first-order valence-electron chi connectivity index (χ1n) is 7.13. The second-order valence-corrected chi connectivity index (χ2v) is 5.57. The standard InChI is InChI=1S/C17H12ClFN4O2/c18-12-8-10(3-6-13(12)19)21-17-15(16(20)25)14(22-23-17)7-9-1-4-11(24)5-2-9/h1-8,21,24H,(H2,20,25). The van der Waals surface area contributed by atoms with Gasteiger partial charge in [-0.2, -0.15) is 0 Å². The molecule has 0 aromatic heterocycles. The number of rotatable bonds is 4. The highest BCUT2D eigenvalue weighted by Gasteiger charge is 2.23. The molecule has 25 heavy (non-hydrogen) atoms. The minimum atomic E-state index is -0.717. The summed E-state index contributed by atoms with van der Waals surface area (Å²) in [6.45, 7) is 0. The third-order valence-corrected chi connectivity index (χ3v) is 3.67. The van der Waals surface area contributed by atoms with E-state index in [1.807, 2.05) is 0 Å². The molecule has 0 unspecified atom stereocenters. The molecule has 4 N–H and O–H groups in total. The van der Waals surface area contributed by atoms with E-state index in [0.29, 0.717) is 11.3 Å². The molecule has 0 saturated carbocycles. The fraction of sp³-hybridized carbons (Fsp3) is 0. The summed E-state index contributed by atoms with van der Waals surface area (Å²) in [6.07, 6.45) is 1.61. The molecule has 126 valence electrons. The van der Waals surface area contributed by atoms with Crippen molar-refractivity contribution in [3.05, 3.63) is 76.0 Å². The number of amides is 1. The Morgan fingerprint density at radius 2 is 1.92 bits per heavy atom. The van der Waals surface area contributed by atoms with Crippen molar-refractivity contribution in [3.8, 4) is 5.75 Å². The number of benzene rings is 2. The molecule has 3 rings (SSSR count). The predicted octanol–water partition coefficient (Wildman–Crippen LogP) is 3.80. The van der Waals surface area contributed by atoms with Crippen molar-refractivity contribution in [2.45, 2.75) is 0 Å². The summed E-state index contributed by atoms with van der Waals surface area (Å²) in [5.41, 5.74) is 6.94. The minimum absolute atomic E-state index is 0.0685. The number of carbonyl (C=O) groups excluding carboxylic acids is 1. The Morgan fingerprint density at radius 1 is 1.20 bits per heavy atom. The summed E-state index contributed by atoms with van der Waals surface area (Å²) < 4.78 is 13.2. The van der Waals surface area contributed by atoms with E-state index in [9.17, 15) is 14.3 Å². The van der Waals surface area contributed by atoms with Gasteiger partial charge in [0.15, 0.2) is 5.82 Å². The quantitative estimate of drug-likeness (QED) is 0.774. The van der Waals surface area contributed by atoms with Crippen LogP contribution >= 0.6 is 11.6 Å². The lowest BCUT2D eigenvalue weighted by Crippen LogP contribution is -2.17. The van der Waals surface area contributed by atoms with Gasteiger partial charge in [-0.1, -0.05) is 23.7 Å². The van der Waals surface area contributed by atoms with Gasteiger partial charge < -0.3 is 16.2 Å². The number of phenols is 1. The maximum absolute atomic E-state index is 13.2. The van der Waals surface area contributed by atoms with Crippen LogP contribution in [0.15, 0.2) is 69.8 Å². The van der Waals surface area contributed by atoms with Crippen LogP contribution in [0.4, 0.5) is 10.1 Å². The third-order valence-electron chi connectivity index (χ3n) is 3.38. The number of carbonyl (C=O) groups is 1. The molecule has 0 spiro atoms. The summed E-state index contributed by atoms with van der Waals surface area (Å²) in [5, 5.41) is 20.0. The Hall–Kier alpha value is -3.19. The smallest absolute Gasteiger partial charge is 0.254 e. The number of azo groups is 1. The largest absolute Gasteiger partial charge is 0.508 e. The van der Waals surface area contributed by atoms with Gasteiger partial charge in [-0.3, -0.25) is 4.79 Å². The van der Waals surface area contributed by atoms with E-state index in [1.165, 1.54) is 30.3 Å². The number of halogens is 2. The molecule has 0 fully saturated rings. The molecule has 0 bridgehead atoms. The van der Waals surface area contributed by atoms with Gasteiger partial charge in [0.1, 0.15) is 22.8 Å². The van der Waals surface area contributed by atoms with E-state index in [4.69, 9.17) is 17.3 Å².